The summed E-state index contributed by atoms with van der Waals surface area (Å²) in [4.78, 5) is 10.7. The lowest BCUT2D eigenvalue weighted by atomic mass is 10.2. The van der Waals surface area contributed by atoms with Gasteiger partial charge in [-0.15, -0.1) is 0 Å². The minimum Gasteiger partial charge on any atom is -0.272 e. The first kappa shape index (κ1) is 8.44. The summed E-state index contributed by atoms with van der Waals surface area (Å²) in [6.45, 7) is 3.33. The molecule has 50 valence electrons. The van der Waals surface area contributed by atoms with Crippen LogP contribution in [0.4, 0.5) is 0 Å². The number of rotatable bonds is 1. The zero-order valence-electron chi connectivity index (χ0n) is 5.23. The summed E-state index contributed by atoms with van der Waals surface area (Å²) < 4.78 is -0.650. The van der Waals surface area contributed by atoms with Crippen molar-refractivity contribution in [3.8, 4) is 6.19 Å². The van der Waals surface area contributed by atoms with Gasteiger partial charge in [-0.2, -0.15) is 5.26 Å². The number of nitriles is 1. The summed E-state index contributed by atoms with van der Waals surface area (Å²) in [5.74, 6) is -0.329. The van der Waals surface area contributed by atoms with E-state index in [1.54, 1.807) is 20.0 Å². The Hall–Kier alpha value is -0.560. The van der Waals surface area contributed by atoms with Crippen LogP contribution < -0.4 is 5.32 Å². The molecule has 0 aromatic heterocycles. The lowest BCUT2D eigenvalue weighted by Crippen LogP contribution is -2.34. The van der Waals surface area contributed by atoms with E-state index < -0.39 is 4.32 Å². The van der Waals surface area contributed by atoms with Crippen LogP contribution in [0.2, 0.25) is 0 Å². The highest BCUT2D eigenvalue weighted by molar-refractivity contribution is 9.10. The number of nitrogens with zero attached hydrogens (tertiary/aromatic N) is 1. The summed E-state index contributed by atoms with van der Waals surface area (Å²) in [5.41, 5.74) is 0. The quantitative estimate of drug-likeness (QED) is 0.377. The van der Waals surface area contributed by atoms with E-state index in [-0.39, 0.29) is 5.91 Å². The topological polar surface area (TPSA) is 52.9 Å². The third kappa shape index (κ3) is 3.09. The molecule has 0 spiro atoms. The maximum Gasteiger partial charge on any atom is 0.249 e. The van der Waals surface area contributed by atoms with Gasteiger partial charge in [-0.25, -0.2) is 0 Å². The lowest BCUT2D eigenvalue weighted by Gasteiger charge is -2.10. The van der Waals surface area contributed by atoms with E-state index >= 15 is 0 Å². The van der Waals surface area contributed by atoms with Crippen LogP contribution in [0.3, 0.4) is 0 Å². The van der Waals surface area contributed by atoms with Gasteiger partial charge in [-0.3, -0.25) is 10.1 Å². The fourth-order valence-corrected chi connectivity index (χ4v) is 0.299. The Kier molecular flexibility index (Phi) is 2.65. The Bertz CT molecular complexity index is 153. The van der Waals surface area contributed by atoms with Crippen LogP contribution in [0.5, 0.6) is 0 Å². The van der Waals surface area contributed by atoms with Crippen molar-refractivity contribution >= 4 is 21.8 Å². The highest BCUT2D eigenvalue weighted by Crippen LogP contribution is 2.14. The molecular formula is C5H7BrN2O. The SMILES string of the molecule is CC(C)(Br)C(=O)NC#N. The van der Waals surface area contributed by atoms with E-state index in [0.29, 0.717) is 0 Å². The third-order valence-electron chi connectivity index (χ3n) is 0.709. The summed E-state index contributed by atoms with van der Waals surface area (Å²) in [6, 6.07) is 0. The molecule has 1 amide bonds. The number of carbonyl (C=O) groups is 1. The van der Waals surface area contributed by atoms with Gasteiger partial charge in [0.1, 0.15) is 0 Å². The van der Waals surface area contributed by atoms with E-state index in [2.05, 4.69) is 15.9 Å². The highest BCUT2D eigenvalue weighted by atomic mass is 79.9. The predicted octanol–water partition coefficient (Wildman–Crippen LogP) is 0.757. The molecule has 0 aromatic rings. The van der Waals surface area contributed by atoms with E-state index in [1.165, 1.54) is 0 Å². The lowest BCUT2D eigenvalue weighted by molar-refractivity contribution is -0.121. The molecular weight excluding hydrogens is 184 g/mol. The Morgan fingerprint density at radius 3 is 2.33 bits per heavy atom. The fourth-order valence-electron chi connectivity index (χ4n) is 0.199. The Morgan fingerprint density at radius 2 is 2.22 bits per heavy atom. The van der Waals surface area contributed by atoms with E-state index in [1.807, 2.05) is 5.32 Å². The number of halogens is 1. The number of nitrogens with one attached hydrogen (secondary N) is 1. The van der Waals surface area contributed by atoms with Crippen LogP contribution in [-0.4, -0.2) is 10.2 Å². The van der Waals surface area contributed by atoms with Gasteiger partial charge in [0, 0.05) is 0 Å². The summed E-state index contributed by atoms with van der Waals surface area (Å²) in [7, 11) is 0. The van der Waals surface area contributed by atoms with Gasteiger partial charge in [0.2, 0.25) is 5.91 Å². The van der Waals surface area contributed by atoms with E-state index in [4.69, 9.17) is 5.26 Å². The van der Waals surface area contributed by atoms with Crippen LogP contribution in [0.1, 0.15) is 13.8 Å². The molecule has 0 aliphatic rings. The monoisotopic (exact) mass is 190 g/mol. The molecule has 0 aliphatic heterocycles. The maximum absolute atomic E-state index is 10.7. The number of carbonyl (C=O) groups excluding carboxylic acids is 1. The summed E-state index contributed by atoms with van der Waals surface area (Å²) >= 11 is 3.08. The van der Waals surface area contributed by atoms with Crippen LogP contribution in [0, 0.1) is 11.5 Å². The molecule has 0 bridgehead atoms. The molecule has 9 heavy (non-hydrogen) atoms. The van der Waals surface area contributed by atoms with Gasteiger partial charge in [-0.1, -0.05) is 15.9 Å². The first-order chi connectivity index (χ1) is 3.98. The average molecular weight is 191 g/mol. The highest BCUT2D eigenvalue weighted by Gasteiger charge is 2.22. The van der Waals surface area contributed by atoms with Crippen LogP contribution >= 0.6 is 15.9 Å². The maximum atomic E-state index is 10.7. The number of alkyl halides is 1. The zero-order chi connectivity index (χ0) is 7.49. The van der Waals surface area contributed by atoms with Gasteiger partial charge >= 0.3 is 0 Å². The van der Waals surface area contributed by atoms with Gasteiger partial charge in [-0.05, 0) is 13.8 Å². The molecule has 0 saturated heterocycles. The van der Waals surface area contributed by atoms with Crippen molar-refractivity contribution in [3.63, 3.8) is 0 Å². The van der Waals surface area contributed by atoms with Gasteiger partial charge in [0.05, 0.1) is 4.32 Å². The van der Waals surface area contributed by atoms with Crippen molar-refractivity contribution in [1.29, 1.82) is 5.26 Å². The van der Waals surface area contributed by atoms with Crippen molar-refractivity contribution in [2.75, 3.05) is 0 Å². The molecule has 0 unspecified atom stereocenters. The molecule has 0 rings (SSSR count). The molecule has 4 heteroatoms. The van der Waals surface area contributed by atoms with Crippen LogP contribution in [-0.2, 0) is 4.79 Å². The van der Waals surface area contributed by atoms with Crippen molar-refractivity contribution in [3.05, 3.63) is 0 Å². The molecule has 0 radical (unpaired) electrons. The van der Waals surface area contributed by atoms with Crippen molar-refractivity contribution in [1.82, 2.24) is 5.32 Å². The zero-order valence-corrected chi connectivity index (χ0v) is 6.82. The standard InChI is InChI=1S/C5H7BrN2O/c1-5(2,6)4(9)8-3-7/h1-2H3,(H,8,9). The second-order valence-corrected chi connectivity index (χ2v) is 4.02. The molecule has 0 aliphatic carbocycles. The predicted molar refractivity (Wildman–Crippen MR) is 36.8 cm³/mol. The largest absolute Gasteiger partial charge is 0.272 e. The minimum absolute atomic E-state index is 0.329. The second-order valence-electron chi connectivity index (χ2n) is 2.04. The molecule has 3 nitrogen and oxygen atoms in total. The fraction of sp³-hybridized carbons (Fsp3) is 0.600. The first-order valence-electron chi connectivity index (χ1n) is 2.37. The Balaban J connectivity index is 3.93. The van der Waals surface area contributed by atoms with Gasteiger partial charge < -0.3 is 0 Å². The Morgan fingerprint density at radius 1 is 1.78 bits per heavy atom. The minimum atomic E-state index is -0.650. The van der Waals surface area contributed by atoms with Crippen molar-refractivity contribution in [2.24, 2.45) is 0 Å². The first-order valence-corrected chi connectivity index (χ1v) is 3.16. The second kappa shape index (κ2) is 2.83. The molecule has 0 heterocycles. The van der Waals surface area contributed by atoms with E-state index in [0.717, 1.165) is 0 Å². The average Bonchev–Trinajstić information content (AvgIpc) is 1.64. The van der Waals surface area contributed by atoms with Crippen LogP contribution in [0.15, 0.2) is 0 Å². The third-order valence-corrected chi connectivity index (χ3v) is 1.07. The van der Waals surface area contributed by atoms with Gasteiger partial charge in [0.15, 0.2) is 6.19 Å². The normalized spacial score (nSPS) is 10.0. The molecule has 0 aromatic carbocycles. The molecule has 0 atom stereocenters. The van der Waals surface area contributed by atoms with Crippen molar-refractivity contribution in [2.45, 2.75) is 18.2 Å². The molecule has 1 N–H and O–H groups in total. The van der Waals surface area contributed by atoms with E-state index in [9.17, 15) is 4.79 Å². The van der Waals surface area contributed by atoms with Crippen molar-refractivity contribution < 1.29 is 4.79 Å². The van der Waals surface area contributed by atoms with Gasteiger partial charge in [0.25, 0.3) is 0 Å². The Labute approximate surface area is 62.2 Å². The van der Waals surface area contributed by atoms with Crippen LogP contribution in [0.25, 0.3) is 0 Å². The number of hydrogen-bond donors (Lipinski definition) is 1. The smallest absolute Gasteiger partial charge is 0.249 e. The molecule has 0 saturated carbocycles. The molecule has 0 fully saturated rings. The summed E-state index contributed by atoms with van der Waals surface area (Å²) in [6.07, 6.45) is 1.54. The summed E-state index contributed by atoms with van der Waals surface area (Å²) in [5, 5.41) is 10.0. The number of hydrogen-bond acceptors (Lipinski definition) is 2. The number of amides is 1.